The average molecular weight is 387 g/mol. The van der Waals surface area contributed by atoms with Gasteiger partial charge in [-0.05, 0) is 74.1 Å². The van der Waals surface area contributed by atoms with E-state index in [-0.39, 0.29) is 11.8 Å². The van der Waals surface area contributed by atoms with Crippen LogP contribution in [0.4, 0.5) is 0 Å². The van der Waals surface area contributed by atoms with Crippen LogP contribution in [-0.2, 0) is 20.7 Å². The number of aryl methyl sites for hydroxylation is 2. The van der Waals surface area contributed by atoms with Gasteiger partial charge in [0.1, 0.15) is 5.78 Å². The Kier molecular flexibility index (Phi) is 6.83. The van der Waals surface area contributed by atoms with Crippen molar-refractivity contribution in [2.24, 2.45) is 5.41 Å². The number of Topliss-reactive ketones (excluding diaryl/α,β-unsaturated/α-hetero) is 1. The third kappa shape index (κ3) is 5.43. The van der Waals surface area contributed by atoms with Crippen molar-refractivity contribution in [1.82, 2.24) is 0 Å². The summed E-state index contributed by atoms with van der Waals surface area (Å²) in [5.41, 5.74) is 4.86. The molecule has 0 aliphatic heterocycles. The number of esters is 1. The molecule has 144 valence electrons. The highest BCUT2D eigenvalue weighted by Gasteiger charge is 2.29. The SMILES string of the molecule is COC(=O)C(C)(C)CCC(=O)Cc1cc(C)c(-c2ccc(Cl)cc2)cc1C. The van der Waals surface area contributed by atoms with Gasteiger partial charge in [0.25, 0.3) is 0 Å². The number of carbonyl (C=O) groups is 2. The minimum absolute atomic E-state index is 0.133. The molecule has 0 bridgehead atoms. The van der Waals surface area contributed by atoms with E-state index in [4.69, 9.17) is 16.3 Å². The lowest BCUT2D eigenvalue weighted by Gasteiger charge is -2.20. The summed E-state index contributed by atoms with van der Waals surface area (Å²) in [7, 11) is 1.38. The van der Waals surface area contributed by atoms with E-state index in [9.17, 15) is 9.59 Å². The van der Waals surface area contributed by atoms with E-state index in [1.54, 1.807) is 0 Å². The number of ketones is 1. The van der Waals surface area contributed by atoms with E-state index in [0.29, 0.717) is 24.3 Å². The lowest BCUT2D eigenvalue weighted by molar-refractivity contribution is -0.151. The standard InChI is InChI=1S/C23H27ClO3/c1-15-13-21(17-6-8-19(24)9-7-17)16(2)12-18(15)14-20(25)10-11-23(3,4)22(26)27-5/h6-9,12-13H,10-11,14H2,1-5H3. The molecule has 0 saturated heterocycles. The van der Waals surface area contributed by atoms with Gasteiger partial charge in [-0.25, -0.2) is 0 Å². The van der Waals surface area contributed by atoms with Crippen molar-refractivity contribution >= 4 is 23.4 Å². The number of hydrogen-bond donors (Lipinski definition) is 0. The zero-order chi connectivity index (χ0) is 20.2. The van der Waals surface area contributed by atoms with Crippen molar-refractivity contribution in [3.8, 4) is 11.1 Å². The molecule has 0 aromatic heterocycles. The molecule has 2 aromatic rings. The Morgan fingerprint density at radius 2 is 1.67 bits per heavy atom. The van der Waals surface area contributed by atoms with Crippen molar-refractivity contribution < 1.29 is 14.3 Å². The fourth-order valence-corrected chi connectivity index (χ4v) is 3.26. The van der Waals surface area contributed by atoms with E-state index in [0.717, 1.165) is 27.8 Å². The Hall–Kier alpha value is -2.13. The van der Waals surface area contributed by atoms with Crippen LogP contribution < -0.4 is 0 Å². The number of ether oxygens (including phenoxy) is 1. The third-order valence-electron chi connectivity index (χ3n) is 4.99. The quantitative estimate of drug-likeness (QED) is 0.572. The Morgan fingerprint density at radius 1 is 1.04 bits per heavy atom. The number of rotatable bonds is 7. The summed E-state index contributed by atoms with van der Waals surface area (Å²) in [6.07, 6.45) is 1.23. The molecule has 4 heteroatoms. The normalized spacial score (nSPS) is 11.3. The van der Waals surface area contributed by atoms with E-state index in [1.165, 1.54) is 7.11 Å². The van der Waals surface area contributed by atoms with Crippen molar-refractivity contribution in [3.63, 3.8) is 0 Å². The van der Waals surface area contributed by atoms with Crippen LogP contribution in [0.25, 0.3) is 11.1 Å². The van der Waals surface area contributed by atoms with Crippen molar-refractivity contribution in [1.29, 1.82) is 0 Å². The van der Waals surface area contributed by atoms with Gasteiger partial charge < -0.3 is 4.74 Å². The Bertz CT molecular complexity index is 835. The van der Waals surface area contributed by atoms with E-state index < -0.39 is 5.41 Å². The number of methoxy groups -OCH3 is 1. The maximum Gasteiger partial charge on any atom is 0.311 e. The first-order valence-electron chi connectivity index (χ1n) is 9.10. The van der Waals surface area contributed by atoms with Crippen LogP contribution in [0.3, 0.4) is 0 Å². The lowest BCUT2D eigenvalue weighted by atomic mass is 9.86. The summed E-state index contributed by atoms with van der Waals surface area (Å²) in [4.78, 5) is 24.2. The molecule has 0 spiro atoms. The molecular formula is C23H27ClO3. The molecule has 0 amide bonds. The predicted octanol–water partition coefficient (Wildman–Crippen LogP) is 5.71. The van der Waals surface area contributed by atoms with Gasteiger partial charge in [0, 0.05) is 17.9 Å². The third-order valence-corrected chi connectivity index (χ3v) is 5.24. The monoisotopic (exact) mass is 386 g/mol. The summed E-state index contributed by atoms with van der Waals surface area (Å²) in [5.74, 6) is -0.150. The minimum atomic E-state index is -0.645. The first-order chi connectivity index (χ1) is 12.6. The van der Waals surface area contributed by atoms with Gasteiger partial charge in [0.2, 0.25) is 0 Å². The van der Waals surface area contributed by atoms with Gasteiger partial charge in [0.15, 0.2) is 0 Å². The number of benzene rings is 2. The fourth-order valence-electron chi connectivity index (χ4n) is 3.14. The van der Waals surface area contributed by atoms with Gasteiger partial charge in [-0.1, -0.05) is 35.9 Å². The zero-order valence-corrected chi connectivity index (χ0v) is 17.4. The Morgan fingerprint density at radius 3 is 2.26 bits per heavy atom. The highest BCUT2D eigenvalue weighted by atomic mass is 35.5. The van der Waals surface area contributed by atoms with Crippen LogP contribution in [-0.4, -0.2) is 18.9 Å². The predicted molar refractivity (Wildman–Crippen MR) is 110 cm³/mol. The highest BCUT2D eigenvalue weighted by Crippen LogP contribution is 2.29. The van der Waals surface area contributed by atoms with Crippen LogP contribution in [0.15, 0.2) is 36.4 Å². The summed E-state index contributed by atoms with van der Waals surface area (Å²) < 4.78 is 4.80. The molecule has 0 fully saturated rings. The zero-order valence-electron chi connectivity index (χ0n) is 16.7. The number of hydrogen-bond acceptors (Lipinski definition) is 3. The molecule has 0 radical (unpaired) electrons. The second-order valence-corrected chi connectivity index (χ2v) is 8.13. The molecule has 0 atom stereocenters. The maximum absolute atomic E-state index is 12.5. The molecule has 0 heterocycles. The van der Waals surface area contributed by atoms with Crippen LogP contribution in [0.5, 0.6) is 0 Å². The first-order valence-corrected chi connectivity index (χ1v) is 9.48. The van der Waals surface area contributed by atoms with E-state index in [1.807, 2.05) is 45.0 Å². The molecule has 2 rings (SSSR count). The fraction of sp³-hybridized carbons (Fsp3) is 0.391. The van der Waals surface area contributed by atoms with Crippen LogP contribution in [0.1, 0.15) is 43.4 Å². The molecule has 3 nitrogen and oxygen atoms in total. The average Bonchev–Trinajstić information content (AvgIpc) is 2.63. The second kappa shape index (κ2) is 8.71. The van der Waals surface area contributed by atoms with Gasteiger partial charge in [-0.2, -0.15) is 0 Å². The first kappa shape index (κ1) is 21.2. The van der Waals surface area contributed by atoms with Gasteiger partial charge in [0.05, 0.1) is 12.5 Å². The van der Waals surface area contributed by atoms with Gasteiger partial charge in [-0.15, -0.1) is 0 Å². The Labute approximate surface area is 166 Å². The summed E-state index contributed by atoms with van der Waals surface area (Å²) in [6.45, 7) is 7.70. The van der Waals surface area contributed by atoms with E-state index >= 15 is 0 Å². The number of halogens is 1. The highest BCUT2D eigenvalue weighted by molar-refractivity contribution is 6.30. The molecule has 0 aliphatic rings. The van der Waals surface area contributed by atoms with Crippen LogP contribution in [0, 0.1) is 19.3 Å². The molecule has 2 aromatic carbocycles. The molecule has 0 N–H and O–H groups in total. The number of carbonyl (C=O) groups excluding carboxylic acids is 2. The van der Waals surface area contributed by atoms with Crippen molar-refractivity contribution in [3.05, 3.63) is 58.1 Å². The van der Waals surface area contributed by atoms with Crippen molar-refractivity contribution in [2.75, 3.05) is 7.11 Å². The molecular weight excluding hydrogens is 360 g/mol. The van der Waals surface area contributed by atoms with Crippen LogP contribution in [0.2, 0.25) is 5.02 Å². The maximum atomic E-state index is 12.5. The smallest absolute Gasteiger partial charge is 0.311 e. The molecule has 27 heavy (non-hydrogen) atoms. The van der Waals surface area contributed by atoms with Crippen molar-refractivity contribution in [2.45, 2.75) is 47.0 Å². The molecule has 0 saturated carbocycles. The van der Waals surface area contributed by atoms with Gasteiger partial charge >= 0.3 is 5.97 Å². The largest absolute Gasteiger partial charge is 0.469 e. The molecule has 0 unspecified atom stereocenters. The summed E-state index contributed by atoms with van der Waals surface area (Å²) in [6, 6.07) is 12.0. The second-order valence-electron chi connectivity index (χ2n) is 7.69. The Balaban J connectivity index is 2.11. The minimum Gasteiger partial charge on any atom is -0.469 e. The van der Waals surface area contributed by atoms with E-state index in [2.05, 4.69) is 19.1 Å². The molecule has 0 aliphatic carbocycles. The van der Waals surface area contributed by atoms with Gasteiger partial charge in [-0.3, -0.25) is 9.59 Å². The summed E-state index contributed by atoms with van der Waals surface area (Å²) >= 11 is 5.98. The summed E-state index contributed by atoms with van der Waals surface area (Å²) in [5, 5.41) is 0.713. The topological polar surface area (TPSA) is 43.4 Å². The lowest BCUT2D eigenvalue weighted by Crippen LogP contribution is -2.26. The van der Waals surface area contributed by atoms with Crippen LogP contribution >= 0.6 is 11.6 Å².